The van der Waals surface area contributed by atoms with Gasteiger partial charge in [0.15, 0.2) is 0 Å². The van der Waals surface area contributed by atoms with Crippen LogP contribution in [0.1, 0.15) is 45.0 Å². The molecule has 20 heavy (non-hydrogen) atoms. The maximum atomic E-state index is 4.58. The summed E-state index contributed by atoms with van der Waals surface area (Å²) in [7, 11) is 2.07. The minimum atomic E-state index is 0.224. The Hall–Kier alpha value is -0.870. The standard InChI is InChI=1S/C16H28N4/c1-5-13-8-14(19(4)18-13)9-20-10-15(12-6-7-12)17-11-16(20,2)3/h8,12,15,17H,5-7,9-11H2,1-4H3. The van der Waals surface area contributed by atoms with Crippen molar-refractivity contribution in [2.75, 3.05) is 13.1 Å². The van der Waals surface area contributed by atoms with E-state index in [0.29, 0.717) is 6.04 Å². The summed E-state index contributed by atoms with van der Waals surface area (Å²) in [5.74, 6) is 0.923. The van der Waals surface area contributed by atoms with Crippen molar-refractivity contribution < 1.29 is 0 Å². The minimum Gasteiger partial charge on any atom is -0.311 e. The van der Waals surface area contributed by atoms with Gasteiger partial charge in [-0.3, -0.25) is 9.58 Å². The molecule has 1 saturated carbocycles. The second kappa shape index (κ2) is 5.15. The third-order valence-electron chi connectivity index (χ3n) is 5.00. The summed E-state index contributed by atoms with van der Waals surface area (Å²) in [6.45, 7) is 10.1. The lowest BCUT2D eigenvalue weighted by Crippen LogP contribution is -2.62. The molecule has 2 aliphatic rings. The lowest BCUT2D eigenvalue weighted by atomic mass is 9.95. The topological polar surface area (TPSA) is 33.1 Å². The Kier molecular flexibility index (Phi) is 3.63. The van der Waals surface area contributed by atoms with Crippen LogP contribution in [-0.2, 0) is 20.0 Å². The van der Waals surface area contributed by atoms with E-state index in [4.69, 9.17) is 0 Å². The van der Waals surface area contributed by atoms with Crippen LogP contribution >= 0.6 is 0 Å². The molecule has 0 bridgehead atoms. The molecule has 2 heterocycles. The molecule has 1 aliphatic carbocycles. The highest BCUT2D eigenvalue weighted by atomic mass is 15.3. The predicted octanol–water partition coefficient (Wildman–Crippen LogP) is 1.94. The van der Waals surface area contributed by atoms with Crippen LogP contribution in [0, 0.1) is 5.92 Å². The van der Waals surface area contributed by atoms with Gasteiger partial charge in [-0.15, -0.1) is 0 Å². The Labute approximate surface area is 122 Å². The van der Waals surface area contributed by atoms with Gasteiger partial charge in [-0.1, -0.05) is 6.92 Å². The third kappa shape index (κ3) is 2.77. The Morgan fingerprint density at radius 3 is 2.75 bits per heavy atom. The molecule has 1 N–H and O–H groups in total. The largest absolute Gasteiger partial charge is 0.311 e. The average Bonchev–Trinajstić information content (AvgIpc) is 3.17. The average molecular weight is 276 g/mol. The molecule has 1 aromatic heterocycles. The van der Waals surface area contributed by atoms with Crippen LogP contribution in [0.4, 0.5) is 0 Å². The molecule has 1 aromatic rings. The van der Waals surface area contributed by atoms with E-state index < -0.39 is 0 Å². The zero-order valence-electron chi connectivity index (χ0n) is 13.3. The van der Waals surface area contributed by atoms with E-state index in [0.717, 1.165) is 25.4 Å². The van der Waals surface area contributed by atoms with Crippen LogP contribution in [0.5, 0.6) is 0 Å². The van der Waals surface area contributed by atoms with E-state index in [1.165, 1.54) is 30.8 Å². The van der Waals surface area contributed by atoms with Crippen molar-refractivity contribution in [2.45, 2.75) is 58.2 Å². The van der Waals surface area contributed by atoms with Crippen molar-refractivity contribution in [3.63, 3.8) is 0 Å². The Morgan fingerprint density at radius 1 is 1.40 bits per heavy atom. The van der Waals surface area contributed by atoms with Gasteiger partial charge in [-0.25, -0.2) is 0 Å². The molecule has 0 amide bonds. The molecular formula is C16H28N4. The summed E-state index contributed by atoms with van der Waals surface area (Å²) in [6.07, 6.45) is 3.85. The summed E-state index contributed by atoms with van der Waals surface area (Å²) in [5.41, 5.74) is 2.77. The molecule has 0 spiro atoms. The summed E-state index contributed by atoms with van der Waals surface area (Å²) in [6, 6.07) is 2.96. The lowest BCUT2D eigenvalue weighted by molar-refractivity contribution is 0.0512. The van der Waals surface area contributed by atoms with E-state index in [-0.39, 0.29) is 5.54 Å². The van der Waals surface area contributed by atoms with Gasteiger partial charge in [0.05, 0.1) is 11.4 Å². The number of piperazine rings is 1. The van der Waals surface area contributed by atoms with E-state index in [1.807, 2.05) is 0 Å². The number of aryl methyl sites for hydroxylation is 2. The highest BCUT2D eigenvalue weighted by molar-refractivity contribution is 5.11. The summed E-state index contributed by atoms with van der Waals surface area (Å²) < 4.78 is 2.06. The van der Waals surface area contributed by atoms with Crippen molar-refractivity contribution in [3.8, 4) is 0 Å². The first-order valence-electron chi connectivity index (χ1n) is 8.00. The van der Waals surface area contributed by atoms with Gasteiger partial charge in [-0.05, 0) is 45.1 Å². The number of hydrogen-bond donors (Lipinski definition) is 1. The molecule has 2 fully saturated rings. The number of rotatable bonds is 4. The Bertz CT molecular complexity index is 473. The number of hydrogen-bond acceptors (Lipinski definition) is 3. The van der Waals surface area contributed by atoms with E-state index in [9.17, 15) is 0 Å². The molecule has 1 aliphatic heterocycles. The SMILES string of the molecule is CCc1cc(CN2CC(C3CC3)NCC2(C)C)n(C)n1. The molecule has 1 saturated heterocycles. The molecule has 0 aromatic carbocycles. The van der Waals surface area contributed by atoms with Crippen LogP contribution in [0.25, 0.3) is 0 Å². The van der Waals surface area contributed by atoms with Gasteiger partial charge in [-0.2, -0.15) is 5.10 Å². The zero-order chi connectivity index (χ0) is 14.3. The van der Waals surface area contributed by atoms with Gasteiger partial charge in [0.1, 0.15) is 0 Å². The van der Waals surface area contributed by atoms with Crippen molar-refractivity contribution in [3.05, 3.63) is 17.5 Å². The van der Waals surface area contributed by atoms with Gasteiger partial charge in [0.25, 0.3) is 0 Å². The van der Waals surface area contributed by atoms with Crippen molar-refractivity contribution in [2.24, 2.45) is 13.0 Å². The molecule has 1 unspecified atom stereocenters. The van der Waals surface area contributed by atoms with Gasteiger partial charge in [0.2, 0.25) is 0 Å². The molecular weight excluding hydrogens is 248 g/mol. The molecule has 3 rings (SSSR count). The van der Waals surface area contributed by atoms with Crippen molar-refractivity contribution in [1.29, 1.82) is 0 Å². The van der Waals surface area contributed by atoms with Gasteiger partial charge < -0.3 is 5.32 Å². The smallest absolute Gasteiger partial charge is 0.0625 e. The quantitative estimate of drug-likeness (QED) is 0.912. The summed E-state index contributed by atoms with van der Waals surface area (Å²) in [4.78, 5) is 2.64. The number of nitrogens with one attached hydrogen (secondary N) is 1. The summed E-state index contributed by atoms with van der Waals surface area (Å²) in [5, 5.41) is 8.34. The highest BCUT2D eigenvalue weighted by Gasteiger charge is 2.40. The van der Waals surface area contributed by atoms with Crippen LogP contribution in [0.15, 0.2) is 6.07 Å². The second-order valence-electron chi connectivity index (χ2n) is 7.12. The molecule has 1 atom stereocenters. The molecule has 4 nitrogen and oxygen atoms in total. The number of aromatic nitrogens is 2. The van der Waals surface area contributed by atoms with E-state index in [2.05, 4.69) is 53.9 Å². The van der Waals surface area contributed by atoms with Crippen LogP contribution in [0.3, 0.4) is 0 Å². The maximum Gasteiger partial charge on any atom is 0.0625 e. The molecule has 4 heteroatoms. The first kappa shape index (κ1) is 14.1. The molecule has 112 valence electrons. The zero-order valence-corrected chi connectivity index (χ0v) is 13.3. The van der Waals surface area contributed by atoms with Crippen molar-refractivity contribution >= 4 is 0 Å². The monoisotopic (exact) mass is 276 g/mol. The van der Waals surface area contributed by atoms with Crippen LogP contribution in [-0.4, -0.2) is 39.4 Å². The maximum absolute atomic E-state index is 4.58. The lowest BCUT2D eigenvalue weighted by Gasteiger charge is -2.46. The third-order valence-corrected chi connectivity index (χ3v) is 5.00. The Balaban J connectivity index is 1.73. The number of nitrogens with zero attached hydrogens (tertiary/aromatic N) is 3. The van der Waals surface area contributed by atoms with E-state index in [1.54, 1.807) is 0 Å². The highest BCUT2D eigenvalue weighted by Crippen LogP contribution is 2.36. The van der Waals surface area contributed by atoms with Crippen LogP contribution in [0.2, 0.25) is 0 Å². The molecule has 0 radical (unpaired) electrons. The van der Waals surface area contributed by atoms with Crippen LogP contribution < -0.4 is 5.32 Å². The normalized spacial score (nSPS) is 26.9. The first-order chi connectivity index (χ1) is 9.49. The van der Waals surface area contributed by atoms with E-state index >= 15 is 0 Å². The fourth-order valence-electron chi connectivity index (χ4n) is 3.22. The van der Waals surface area contributed by atoms with Crippen molar-refractivity contribution in [1.82, 2.24) is 20.0 Å². The van der Waals surface area contributed by atoms with Gasteiger partial charge in [0, 0.05) is 38.3 Å². The van der Waals surface area contributed by atoms with Gasteiger partial charge >= 0.3 is 0 Å². The fourth-order valence-corrected chi connectivity index (χ4v) is 3.22. The first-order valence-corrected chi connectivity index (χ1v) is 8.00. The fraction of sp³-hybridized carbons (Fsp3) is 0.812. The predicted molar refractivity (Wildman–Crippen MR) is 81.6 cm³/mol. The second-order valence-corrected chi connectivity index (χ2v) is 7.12. The summed E-state index contributed by atoms with van der Waals surface area (Å²) >= 11 is 0. The minimum absolute atomic E-state index is 0.224. The Morgan fingerprint density at radius 2 is 2.15 bits per heavy atom.